The van der Waals surface area contributed by atoms with Crippen LogP contribution < -0.4 is 14.5 Å². The Balaban J connectivity index is 1.69. The zero-order valence-corrected chi connectivity index (χ0v) is 15.8. The normalized spacial score (nSPS) is 15.1. The second-order valence-electron chi connectivity index (χ2n) is 6.62. The first kappa shape index (κ1) is 18.5. The molecule has 138 valence electrons. The van der Waals surface area contributed by atoms with E-state index in [0.717, 1.165) is 38.5 Å². The van der Waals surface area contributed by atoms with Crippen LogP contribution in [0.5, 0.6) is 5.75 Å². The fourth-order valence-electron chi connectivity index (χ4n) is 3.47. The van der Waals surface area contributed by atoms with Crippen molar-refractivity contribution in [3.05, 3.63) is 62.7 Å². The summed E-state index contributed by atoms with van der Waals surface area (Å²) in [5.74, 6) is 0.916. The van der Waals surface area contributed by atoms with Crippen LogP contribution in [0, 0.1) is 17.0 Å². The van der Waals surface area contributed by atoms with Crippen molar-refractivity contribution >= 4 is 23.0 Å². The number of hydrogen-bond acceptors (Lipinski definition) is 4. The zero-order valence-electron chi connectivity index (χ0n) is 15.0. The molecule has 0 saturated carbocycles. The number of benzene rings is 2. The number of nitro benzene ring substituents is 1. The second kappa shape index (κ2) is 7.93. The van der Waals surface area contributed by atoms with Crippen LogP contribution in [0.15, 0.2) is 36.4 Å². The highest BCUT2D eigenvalue weighted by molar-refractivity contribution is 6.30. The third-order valence-electron chi connectivity index (χ3n) is 4.82. The molecule has 0 aromatic heterocycles. The van der Waals surface area contributed by atoms with Crippen LogP contribution in [0.4, 0.5) is 11.4 Å². The minimum Gasteiger partial charge on any atom is -0.496 e. The van der Waals surface area contributed by atoms with Crippen molar-refractivity contribution in [2.75, 3.05) is 38.2 Å². The molecule has 2 aromatic carbocycles. The Morgan fingerprint density at radius 3 is 2.62 bits per heavy atom. The number of ether oxygens (including phenoxy) is 1. The third kappa shape index (κ3) is 4.08. The monoisotopic (exact) mass is 376 g/mol. The number of nitro groups is 1. The predicted octanol–water partition coefficient (Wildman–Crippen LogP) is 2.47. The fraction of sp³-hybridized carbons (Fsp3) is 0.368. The number of methoxy groups -OCH3 is 1. The molecule has 0 bridgehead atoms. The Bertz CT molecular complexity index is 805. The molecule has 0 atom stereocenters. The number of hydrogen-bond donors (Lipinski definition) is 1. The van der Waals surface area contributed by atoms with Crippen LogP contribution >= 0.6 is 11.6 Å². The van der Waals surface area contributed by atoms with E-state index in [4.69, 9.17) is 16.3 Å². The van der Waals surface area contributed by atoms with Gasteiger partial charge < -0.3 is 14.5 Å². The van der Waals surface area contributed by atoms with Gasteiger partial charge in [-0.15, -0.1) is 0 Å². The molecule has 0 spiro atoms. The van der Waals surface area contributed by atoms with E-state index >= 15 is 0 Å². The summed E-state index contributed by atoms with van der Waals surface area (Å²) >= 11 is 5.92. The zero-order chi connectivity index (χ0) is 18.7. The van der Waals surface area contributed by atoms with E-state index in [1.54, 1.807) is 19.2 Å². The maximum Gasteiger partial charge on any atom is 0.294 e. The molecule has 0 unspecified atom stereocenters. The fourth-order valence-corrected chi connectivity index (χ4v) is 3.63. The Morgan fingerprint density at radius 2 is 1.96 bits per heavy atom. The molecule has 1 fully saturated rings. The number of aryl methyl sites for hydroxylation is 1. The van der Waals surface area contributed by atoms with Crippen LogP contribution in [0.25, 0.3) is 0 Å². The molecule has 0 amide bonds. The maximum absolute atomic E-state index is 11.3. The summed E-state index contributed by atoms with van der Waals surface area (Å²) < 4.78 is 5.47. The molecule has 1 aliphatic heterocycles. The SMILES string of the molecule is COc1ccc(C)cc1C[NH+]1CCN(c2ccc(Cl)cc2[N+](=O)[O-])CC1. The number of nitrogens with zero attached hydrogens (tertiary/aromatic N) is 2. The molecule has 7 heteroatoms. The molecule has 6 nitrogen and oxygen atoms in total. The van der Waals surface area contributed by atoms with Gasteiger partial charge in [-0.2, -0.15) is 0 Å². The summed E-state index contributed by atoms with van der Waals surface area (Å²) in [6, 6.07) is 11.1. The number of rotatable bonds is 5. The number of quaternary nitrogens is 1. The van der Waals surface area contributed by atoms with Crippen molar-refractivity contribution in [2.24, 2.45) is 0 Å². The first-order valence-corrected chi connectivity index (χ1v) is 9.01. The van der Waals surface area contributed by atoms with E-state index in [-0.39, 0.29) is 10.6 Å². The molecule has 1 N–H and O–H groups in total. The minimum atomic E-state index is -0.363. The van der Waals surface area contributed by atoms with E-state index in [1.165, 1.54) is 22.1 Å². The van der Waals surface area contributed by atoms with E-state index in [0.29, 0.717) is 10.7 Å². The number of nitrogens with one attached hydrogen (secondary N) is 1. The van der Waals surface area contributed by atoms with Crippen molar-refractivity contribution in [2.45, 2.75) is 13.5 Å². The summed E-state index contributed by atoms with van der Waals surface area (Å²) in [4.78, 5) is 14.5. The van der Waals surface area contributed by atoms with Crippen LogP contribution in [-0.2, 0) is 6.54 Å². The summed E-state index contributed by atoms with van der Waals surface area (Å²) in [6.07, 6.45) is 0. The summed E-state index contributed by atoms with van der Waals surface area (Å²) in [6.45, 7) is 6.34. The average molecular weight is 377 g/mol. The molecular weight excluding hydrogens is 354 g/mol. The first-order chi connectivity index (χ1) is 12.5. The summed E-state index contributed by atoms with van der Waals surface area (Å²) in [7, 11) is 1.70. The smallest absolute Gasteiger partial charge is 0.294 e. The first-order valence-electron chi connectivity index (χ1n) is 8.64. The molecule has 26 heavy (non-hydrogen) atoms. The third-order valence-corrected chi connectivity index (χ3v) is 5.06. The van der Waals surface area contributed by atoms with E-state index < -0.39 is 0 Å². The molecular formula is C19H23ClN3O3+. The quantitative estimate of drug-likeness (QED) is 0.643. The lowest BCUT2D eigenvalue weighted by Gasteiger charge is -2.33. The summed E-state index contributed by atoms with van der Waals surface area (Å²) in [5, 5.41) is 11.7. The Kier molecular flexibility index (Phi) is 5.64. The highest BCUT2D eigenvalue weighted by Gasteiger charge is 2.26. The van der Waals surface area contributed by atoms with E-state index in [2.05, 4.69) is 24.0 Å². The highest BCUT2D eigenvalue weighted by atomic mass is 35.5. The van der Waals surface area contributed by atoms with Crippen molar-refractivity contribution < 1.29 is 14.6 Å². The Hall–Kier alpha value is -2.31. The lowest BCUT2D eigenvalue weighted by molar-refractivity contribution is -0.914. The molecule has 0 radical (unpaired) electrons. The average Bonchev–Trinajstić information content (AvgIpc) is 2.62. The van der Waals surface area contributed by atoms with Crippen LogP contribution in [0.2, 0.25) is 5.02 Å². The van der Waals surface area contributed by atoms with Crippen molar-refractivity contribution in [3.63, 3.8) is 0 Å². The second-order valence-corrected chi connectivity index (χ2v) is 7.06. The van der Waals surface area contributed by atoms with Crippen molar-refractivity contribution in [3.8, 4) is 5.75 Å². The van der Waals surface area contributed by atoms with Crippen molar-refractivity contribution in [1.29, 1.82) is 0 Å². The largest absolute Gasteiger partial charge is 0.496 e. The number of piperazine rings is 1. The number of halogens is 1. The molecule has 1 aliphatic rings. The molecule has 1 saturated heterocycles. The standard InChI is InChI=1S/C19H22ClN3O3/c1-14-3-6-19(26-2)15(11-14)13-21-7-9-22(10-8-21)17-5-4-16(20)12-18(17)23(24)25/h3-6,11-12H,7-10,13H2,1-2H3/p+1. The van der Waals surface area contributed by atoms with Gasteiger partial charge in [-0.3, -0.25) is 10.1 Å². The molecule has 2 aromatic rings. The van der Waals surface area contributed by atoms with Gasteiger partial charge in [0.05, 0.1) is 38.2 Å². The van der Waals surface area contributed by atoms with E-state index in [1.807, 2.05) is 6.07 Å². The van der Waals surface area contributed by atoms with Gasteiger partial charge in [-0.25, -0.2) is 0 Å². The van der Waals surface area contributed by atoms with Gasteiger partial charge in [0.25, 0.3) is 5.69 Å². The molecule has 3 rings (SSSR count). The van der Waals surface area contributed by atoms with Crippen LogP contribution in [0.3, 0.4) is 0 Å². The lowest BCUT2D eigenvalue weighted by Crippen LogP contribution is -3.13. The van der Waals surface area contributed by atoms with Gasteiger partial charge in [0.2, 0.25) is 0 Å². The summed E-state index contributed by atoms with van der Waals surface area (Å²) in [5.41, 5.74) is 3.14. The Morgan fingerprint density at radius 1 is 1.23 bits per heavy atom. The molecule has 1 heterocycles. The van der Waals surface area contributed by atoms with Crippen LogP contribution in [0.1, 0.15) is 11.1 Å². The van der Waals surface area contributed by atoms with Gasteiger partial charge in [0, 0.05) is 16.7 Å². The highest BCUT2D eigenvalue weighted by Crippen LogP contribution is 2.31. The van der Waals surface area contributed by atoms with Gasteiger partial charge in [0.1, 0.15) is 18.0 Å². The minimum absolute atomic E-state index is 0.0707. The maximum atomic E-state index is 11.3. The van der Waals surface area contributed by atoms with E-state index in [9.17, 15) is 10.1 Å². The number of anilines is 1. The van der Waals surface area contributed by atoms with Gasteiger partial charge in [-0.1, -0.05) is 23.2 Å². The molecule has 0 aliphatic carbocycles. The van der Waals surface area contributed by atoms with Crippen molar-refractivity contribution in [1.82, 2.24) is 0 Å². The topological polar surface area (TPSA) is 60.0 Å². The predicted molar refractivity (Wildman–Crippen MR) is 102 cm³/mol. The Labute approximate surface area is 158 Å². The van der Waals surface area contributed by atoms with Gasteiger partial charge >= 0.3 is 0 Å². The van der Waals surface area contributed by atoms with Crippen LogP contribution in [-0.4, -0.2) is 38.2 Å². The van der Waals surface area contributed by atoms with Gasteiger partial charge in [0.15, 0.2) is 0 Å². The van der Waals surface area contributed by atoms with Gasteiger partial charge in [-0.05, 0) is 31.2 Å². The lowest BCUT2D eigenvalue weighted by atomic mass is 10.1.